The van der Waals surface area contributed by atoms with Crippen molar-refractivity contribution in [2.24, 2.45) is 11.7 Å². The second kappa shape index (κ2) is 8.14. The van der Waals surface area contributed by atoms with Crippen LogP contribution in [0.5, 0.6) is 5.75 Å². The van der Waals surface area contributed by atoms with Gasteiger partial charge in [0.25, 0.3) is 0 Å². The van der Waals surface area contributed by atoms with Crippen LogP contribution in [0, 0.1) is 5.92 Å². The number of carbonyl (C=O) groups is 2. The van der Waals surface area contributed by atoms with Gasteiger partial charge in [-0.15, -0.1) is 0 Å². The summed E-state index contributed by atoms with van der Waals surface area (Å²) in [6, 6.07) is 5.20. The number of carboxylic acid groups (broad SMARTS) is 1. The van der Waals surface area contributed by atoms with Crippen LogP contribution < -0.4 is 15.9 Å². The highest BCUT2D eigenvalue weighted by atomic mass is 16.5. The van der Waals surface area contributed by atoms with Gasteiger partial charge in [-0.2, -0.15) is 0 Å². The van der Waals surface area contributed by atoms with Gasteiger partial charge >= 0.3 is 19.1 Å². The molecule has 8 nitrogen and oxygen atoms in total. The Kier molecular flexibility index (Phi) is 6.19. The molecule has 24 heavy (non-hydrogen) atoms. The van der Waals surface area contributed by atoms with Crippen LogP contribution in [0.2, 0.25) is 0 Å². The van der Waals surface area contributed by atoms with Gasteiger partial charge in [0.2, 0.25) is 0 Å². The van der Waals surface area contributed by atoms with E-state index in [1.165, 1.54) is 6.92 Å². The number of fused-ring (bicyclic) bond motifs is 1. The third kappa shape index (κ3) is 4.47. The smallest absolute Gasteiger partial charge is 0.494 e. The van der Waals surface area contributed by atoms with Crippen molar-refractivity contribution < 1.29 is 33.8 Å². The first-order valence-corrected chi connectivity index (χ1v) is 7.56. The topological polar surface area (TPSA) is 128 Å². The minimum atomic E-state index is -1.14. The molecule has 0 spiro atoms. The van der Waals surface area contributed by atoms with Gasteiger partial charge in [-0.1, -0.05) is 12.1 Å². The maximum atomic E-state index is 10.9. The van der Waals surface area contributed by atoms with E-state index in [0.29, 0.717) is 11.2 Å². The van der Waals surface area contributed by atoms with Gasteiger partial charge in [-0.25, -0.2) is 0 Å². The molecule has 1 aliphatic rings. The quantitative estimate of drug-likeness (QED) is 0.425. The number of rotatable bonds is 8. The van der Waals surface area contributed by atoms with Gasteiger partial charge in [-0.3, -0.25) is 9.59 Å². The number of carboxylic acids is 1. The van der Waals surface area contributed by atoms with Crippen molar-refractivity contribution >= 4 is 24.5 Å². The summed E-state index contributed by atoms with van der Waals surface area (Å²) in [5.74, 6) is -1.61. The number of nitrogens with two attached hydrogens (primary N) is 1. The molecule has 4 N–H and O–H groups in total. The van der Waals surface area contributed by atoms with Crippen LogP contribution >= 0.6 is 0 Å². The Balaban J connectivity index is 2.08. The second-order valence-corrected chi connectivity index (χ2v) is 5.55. The molecule has 0 saturated heterocycles. The summed E-state index contributed by atoms with van der Waals surface area (Å²) in [4.78, 5) is 21.8. The van der Waals surface area contributed by atoms with E-state index in [4.69, 9.17) is 25.0 Å². The third-order valence-corrected chi connectivity index (χ3v) is 3.66. The van der Waals surface area contributed by atoms with Crippen LogP contribution in [-0.4, -0.2) is 48.9 Å². The number of esters is 1. The first-order valence-electron chi connectivity index (χ1n) is 7.56. The lowest BCUT2D eigenvalue weighted by Crippen LogP contribution is -2.31. The molecule has 9 heteroatoms. The molecule has 130 valence electrons. The molecule has 0 aromatic heterocycles. The first-order chi connectivity index (χ1) is 11.4. The summed E-state index contributed by atoms with van der Waals surface area (Å²) >= 11 is 0. The third-order valence-electron chi connectivity index (χ3n) is 3.66. The highest BCUT2D eigenvalue weighted by Gasteiger charge is 2.37. The zero-order valence-corrected chi connectivity index (χ0v) is 13.3. The Bertz CT molecular complexity index is 609. The fourth-order valence-corrected chi connectivity index (χ4v) is 2.57. The molecular formula is C15H20BNO7. The number of hydrogen-bond donors (Lipinski definition) is 3. The van der Waals surface area contributed by atoms with Gasteiger partial charge in [0, 0.05) is 24.8 Å². The number of carbonyl (C=O) groups excluding carboxylic acids is 1. The van der Waals surface area contributed by atoms with E-state index in [-0.39, 0.29) is 26.2 Å². The lowest BCUT2D eigenvalue weighted by atomic mass is 9.78. The van der Waals surface area contributed by atoms with Crippen molar-refractivity contribution in [2.45, 2.75) is 19.4 Å². The van der Waals surface area contributed by atoms with E-state index >= 15 is 0 Å². The zero-order valence-electron chi connectivity index (χ0n) is 13.3. The van der Waals surface area contributed by atoms with Crippen LogP contribution in [0.1, 0.15) is 25.0 Å². The molecule has 2 rings (SSSR count). The molecule has 0 bridgehead atoms. The maximum Gasteiger partial charge on any atom is 0.495 e. The largest absolute Gasteiger partial charge is 0.495 e. The molecule has 1 heterocycles. The Labute approximate surface area is 139 Å². The van der Waals surface area contributed by atoms with Crippen LogP contribution in [-0.2, 0) is 19.0 Å². The Morgan fingerprint density at radius 2 is 2.17 bits per heavy atom. The number of hydrogen-bond acceptors (Lipinski definition) is 7. The minimum absolute atomic E-state index is 0.0239. The highest BCUT2D eigenvalue weighted by Crippen LogP contribution is 2.27. The molecule has 1 aromatic rings. The molecule has 1 aliphatic heterocycles. The van der Waals surface area contributed by atoms with E-state index in [9.17, 15) is 14.6 Å². The predicted molar refractivity (Wildman–Crippen MR) is 84.8 cm³/mol. The van der Waals surface area contributed by atoms with Gasteiger partial charge in [0.15, 0.2) is 0 Å². The van der Waals surface area contributed by atoms with Crippen molar-refractivity contribution in [3.8, 4) is 5.75 Å². The first kappa shape index (κ1) is 18.2. The maximum absolute atomic E-state index is 10.9. The normalized spacial score (nSPS) is 17.3. The van der Waals surface area contributed by atoms with E-state index < -0.39 is 31.1 Å². The molecule has 2 atom stereocenters. The molecule has 0 aliphatic carbocycles. The van der Waals surface area contributed by atoms with Gasteiger partial charge in [-0.05, 0) is 11.6 Å². The van der Waals surface area contributed by atoms with Crippen LogP contribution in [0.4, 0.5) is 0 Å². The summed E-state index contributed by atoms with van der Waals surface area (Å²) in [7, 11) is -1.14. The molecule has 0 unspecified atom stereocenters. The Hall–Kier alpha value is -2.10. The molecule has 0 radical (unpaired) electrons. The SMILES string of the molecule is CC(=O)OC[C@H](COc1cccc2c1B(O)O[C@@H]2CN)CC(=O)O. The summed E-state index contributed by atoms with van der Waals surface area (Å²) < 4.78 is 15.9. The van der Waals surface area contributed by atoms with Crippen molar-refractivity contribution in [2.75, 3.05) is 19.8 Å². The summed E-state index contributed by atoms with van der Waals surface area (Å²) in [5.41, 5.74) is 6.86. The summed E-state index contributed by atoms with van der Waals surface area (Å²) in [5, 5.41) is 19.0. The van der Waals surface area contributed by atoms with Gasteiger partial charge in [0.1, 0.15) is 5.75 Å². The number of benzene rings is 1. The van der Waals surface area contributed by atoms with E-state index in [2.05, 4.69) is 0 Å². The van der Waals surface area contributed by atoms with Crippen LogP contribution in [0.25, 0.3) is 0 Å². The standard InChI is InChI=1S/C15H20BNO7/c1-9(18)22-7-10(5-14(19)20)8-23-12-4-2-3-11-13(6-17)24-16(21)15(11)12/h2-4,10,13,21H,5-8,17H2,1H3,(H,19,20)/t10-,13-/m1/s1. The zero-order chi connectivity index (χ0) is 17.7. The number of ether oxygens (including phenoxy) is 2. The average molecular weight is 337 g/mol. The molecular weight excluding hydrogens is 317 g/mol. The minimum Gasteiger partial charge on any atom is -0.494 e. The Morgan fingerprint density at radius 3 is 2.79 bits per heavy atom. The van der Waals surface area contributed by atoms with Gasteiger partial charge < -0.3 is 30.0 Å². The van der Waals surface area contributed by atoms with Crippen molar-refractivity contribution in [3.05, 3.63) is 23.8 Å². The fraction of sp³-hybridized carbons (Fsp3) is 0.467. The Morgan fingerprint density at radius 1 is 1.42 bits per heavy atom. The fourth-order valence-electron chi connectivity index (χ4n) is 2.57. The molecule has 0 saturated carbocycles. The lowest BCUT2D eigenvalue weighted by molar-refractivity contribution is -0.146. The average Bonchev–Trinajstić information content (AvgIpc) is 2.86. The van der Waals surface area contributed by atoms with Crippen molar-refractivity contribution in [1.82, 2.24) is 0 Å². The van der Waals surface area contributed by atoms with Crippen molar-refractivity contribution in [3.63, 3.8) is 0 Å². The van der Waals surface area contributed by atoms with Gasteiger partial charge in [0.05, 0.1) is 25.7 Å². The van der Waals surface area contributed by atoms with Crippen LogP contribution in [0.3, 0.4) is 0 Å². The summed E-state index contributed by atoms with van der Waals surface area (Å²) in [6.07, 6.45) is -0.610. The van der Waals surface area contributed by atoms with Crippen LogP contribution in [0.15, 0.2) is 18.2 Å². The highest BCUT2D eigenvalue weighted by molar-refractivity contribution is 6.62. The summed E-state index contributed by atoms with van der Waals surface area (Å²) in [6.45, 7) is 1.45. The lowest BCUT2D eigenvalue weighted by Gasteiger charge is -2.17. The number of aliphatic carboxylic acids is 1. The monoisotopic (exact) mass is 337 g/mol. The molecule has 0 fully saturated rings. The van der Waals surface area contributed by atoms with E-state index in [1.807, 2.05) is 0 Å². The molecule has 1 aromatic carbocycles. The predicted octanol–water partition coefficient (Wildman–Crippen LogP) is -0.563. The van der Waals surface area contributed by atoms with E-state index in [0.717, 1.165) is 5.56 Å². The second-order valence-electron chi connectivity index (χ2n) is 5.55. The van der Waals surface area contributed by atoms with E-state index in [1.54, 1.807) is 18.2 Å². The molecule has 0 amide bonds. The van der Waals surface area contributed by atoms with Crippen molar-refractivity contribution in [1.29, 1.82) is 0 Å².